The van der Waals surface area contributed by atoms with Crippen LogP contribution in [0.25, 0.3) is 11.0 Å². The van der Waals surface area contributed by atoms with Crippen LogP contribution in [0.2, 0.25) is 5.02 Å². The topological polar surface area (TPSA) is 104 Å². The number of amides is 1. The Labute approximate surface area is 268 Å². The second-order valence-electron chi connectivity index (χ2n) is 10.9. The number of carbonyl (C=O) groups is 1. The first-order valence-corrected chi connectivity index (χ1v) is 15.5. The monoisotopic (exact) mass is 629 g/mol. The first kappa shape index (κ1) is 33.4. The number of aromatic hydroxyl groups is 1. The van der Waals surface area contributed by atoms with Crippen molar-refractivity contribution < 1.29 is 19.2 Å². The highest BCUT2D eigenvalue weighted by Gasteiger charge is 2.18. The molecule has 1 aliphatic heterocycles. The lowest BCUT2D eigenvalue weighted by molar-refractivity contribution is -0.121. The van der Waals surface area contributed by atoms with E-state index in [9.17, 15) is 14.7 Å². The molecule has 1 amide bonds. The summed E-state index contributed by atoms with van der Waals surface area (Å²) in [6.45, 7) is 10.2. The first-order chi connectivity index (χ1) is 21.7. The number of nitrogens with zero attached hydrogens (tertiary/aromatic N) is 1. The molecule has 0 aliphatic carbocycles. The van der Waals surface area contributed by atoms with Gasteiger partial charge < -0.3 is 24.6 Å². The third-order valence-corrected chi connectivity index (χ3v) is 7.61. The molecule has 1 fully saturated rings. The number of carbonyl (C=O) groups excluding carboxylic acids is 1. The number of rotatable bonds is 10. The summed E-state index contributed by atoms with van der Waals surface area (Å²) in [5, 5.41) is 13.8. The van der Waals surface area contributed by atoms with Gasteiger partial charge in [-0.25, -0.2) is 0 Å². The third kappa shape index (κ3) is 9.99. The van der Waals surface area contributed by atoms with Crippen molar-refractivity contribution in [3.63, 3.8) is 0 Å². The van der Waals surface area contributed by atoms with E-state index in [1.54, 1.807) is 6.08 Å². The minimum Gasteiger partial charge on any atom is -0.508 e. The van der Waals surface area contributed by atoms with Gasteiger partial charge in [-0.05, 0) is 62.1 Å². The minimum atomic E-state index is -0.284. The van der Waals surface area contributed by atoms with E-state index in [4.69, 9.17) is 20.9 Å². The number of hydroxylamine groups is 1. The highest BCUT2D eigenvalue weighted by Crippen LogP contribution is 2.27. The summed E-state index contributed by atoms with van der Waals surface area (Å²) in [6, 6.07) is 21.3. The lowest BCUT2D eigenvalue weighted by atomic mass is 10.00. The number of phenolic OH excluding ortho intramolecular Hbond substituents is 1. The Morgan fingerprint density at radius 1 is 1.11 bits per heavy atom. The predicted octanol–water partition coefficient (Wildman–Crippen LogP) is 7.23. The number of hydrogen-bond acceptors (Lipinski definition) is 7. The molecule has 1 unspecified atom stereocenters. The van der Waals surface area contributed by atoms with Gasteiger partial charge in [-0.2, -0.15) is 0 Å². The van der Waals surface area contributed by atoms with E-state index >= 15 is 0 Å². The SMILES string of the molecule is C=CC(C=C1CCN(c2ccccc2CNC(=O)CCC)CC1)NOc1cc(=O)c2ccc(O)cc2o1.Cc1ccc(Cl)cc1. The van der Waals surface area contributed by atoms with Crippen LogP contribution in [0.5, 0.6) is 11.7 Å². The van der Waals surface area contributed by atoms with Crippen LogP contribution in [0, 0.1) is 6.92 Å². The molecular formula is C36H40ClN3O5. The van der Waals surface area contributed by atoms with E-state index in [0.717, 1.165) is 48.6 Å². The van der Waals surface area contributed by atoms with Crippen LogP contribution in [0.4, 0.5) is 5.69 Å². The van der Waals surface area contributed by atoms with Crippen LogP contribution in [0.1, 0.15) is 43.7 Å². The molecule has 0 bridgehead atoms. The fourth-order valence-electron chi connectivity index (χ4n) is 4.91. The van der Waals surface area contributed by atoms with Gasteiger partial charge >= 0.3 is 5.95 Å². The Bertz CT molecular complexity index is 1650. The zero-order chi connectivity index (χ0) is 32.2. The van der Waals surface area contributed by atoms with Gasteiger partial charge in [0.1, 0.15) is 11.3 Å². The molecule has 4 aromatic rings. The minimum absolute atomic E-state index is 0.00433. The number of para-hydroxylation sites is 1. The molecule has 3 aromatic carbocycles. The second-order valence-corrected chi connectivity index (χ2v) is 11.3. The summed E-state index contributed by atoms with van der Waals surface area (Å²) in [5.74, 6) is 0.0861. The lowest BCUT2D eigenvalue weighted by Crippen LogP contribution is -2.34. The van der Waals surface area contributed by atoms with Crippen LogP contribution < -0.4 is 26.0 Å². The fourth-order valence-corrected chi connectivity index (χ4v) is 5.04. The van der Waals surface area contributed by atoms with Gasteiger partial charge in [-0.15, -0.1) is 12.1 Å². The summed E-state index contributed by atoms with van der Waals surface area (Å²) < 4.78 is 5.60. The van der Waals surface area contributed by atoms with E-state index in [2.05, 4.69) is 40.5 Å². The average molecular weight is 630 g/mol. The fraction of sp³-hybridized carbons (Fsp3) is 0.278. The van der Waals surface area contributed by atoms with Crippen LogP contribution in [0.3, 0.4) is 0 Å². The van der Waals surface area contributed by atoms with Crippen LogP contribution in [-0.2, 0) is 11.3 Å². The maximum Gasteiger partial charge on any atom is 0.308 e. The molecule has 0 radical (unpaired) electrons. The number of phenols is 1. The number of hydrogen-bond donors (Lipinski definition) is 3. The Balaban J connectivity index is 0.000000501. The van der Waals surface area contributed by atoms with Gasteiger partial charge in [-0.1, -0.05) is 72.1 Å². The van der Waals surface area contributed by atoms with E-state index in [1.165, 1.54) is 35.4 Å². The van der Waals surface area contributed by atoms with Gasteiger partial charge in [0, 0.05) is 42.8 Å². The van der Waals surface area contributed by atoms with Crippen molar-refractivity contribution in [3.8, 4) is 11.7 Å². The molecule has 45 heavy (non-hydrogen) atoms. The van der Waals surface area contributed by atoms with E-state index < -0.39 is 0 Å². The molecule has 5 rings (SSSR count). The largest absolute Gasteiger partial charge is 0.508 e. The quantitative estimate of drug-likeness (QED) is 0.126. The summed E-state index contributed by atoms with van der Waals surface area (Å²) in [7, 11) is 0. The van der Waals surface area contributed by atoms with Crippen molar-refractivity contribution >= 4 is 34.2 Å². The number of benzene rings is 3. The van der Waals surface area contributed by atoms with Gasteiger partial charge in [0.2, 0.25) is 5.91 Å². The number of fused-ring (bicyclic) bond motifs is 1. The summed E-state index contributed by atoms with van der Waals surface area (Å²) in [6.07, 6.45) is 6.94. The van der Waals surface area contributed by atoms with Crippen molar-refractivity contribution in [1.82, 2.24) is 10.8 Å². The van der Waals surface area contributed by atoms with Gasteiger partial charge in [0.25, 0.3) is 0 Å². The molecule has 1 atom stereocenters. The van der Waals surface area contributed by atoms with Gasteiger partial charge in [0.15, 0.2) is 5.43 Å². The summed E-state index contributed by atoms with van der Waals surface area (Å²) in [4.78, 5) is 32.1. The molecule has 2 heterocycles. The maximum atomic E-state index is 12.3. The van der Waals surface area contributed by atoms with Crippen molar-refractivity contribution in [2.24, 2.45) is 0 Å². The molecule has 1 aliphatic rings. The lowest BCUT2D eigenvalue weighted by Gasteiger charge is -2.32. The number of piperidine rings is 1. The Morgan fingerprint density at radius 3 is 2.53 bits per heavy atom. The highest BCUT2D eigenvalue weighted by atomic mass is 35.5. The van der Waals surface area contributed by atoms with E-state index in [1.807, 2.05) is 50.2 Å². The molecular weight excluding hydrogens is 590 g/mol. The molecule has 1 aromatic heterocycles. The standard InChI is InChI=1S/C29H33N3O5.C7H7Cl/c1-3-7-28(35)30-19-21-8-5-6-9-25(21)32-14-12-20(13-15-32)16-22(4-2)31-37-29-18-26(34)24-11-10-23(33)17-27(24)36-29;1-6-2-4-7(8)5-3-6/h4-6,8-11,16-18,22,31,33H,2-3,7,12-15,19H2,1H3,(H,30,35);2-5H,1H3. The highest BCUT2D eigenvalue weighted by molar-refractivity contribution is 6.30. The number of aryl methyl sites for hydroxylation is 1. The predicted molar refractivity (Wildman–Crippen MR) is 181 cm³/mol. The Hall–Kier alpha value is -4.53. The Kier molecular flexibility index (Phi) is 12.2. The maximum absolute atomic E-state index is 12.3. The van der Waals surface area contributed by atoms with Crippen LogP contribution in [0.15, 0.2) is 106 Å². The third-order valence-electron chi connectivity index (χ3n) is 7.36. The van der Waals surface area contributed by atoms with Crippen molar-refractivity contribution in [2.75, 3.05) is 18.0 Å². The molecule has 1 saturated heterocycles. The number of nitrogens with one attached hydrogen (secondary N) is 2. The molecule has 0 saturated carbocycles. The average Bonchev–Trinajstić information content (AvgIpc) is 3.04. The van der Waals surface area contributed by atoms with Crippen molar-refractivity contribution in [2.45, 2.75) is 52.1 Å². The first-order valence-electron chi connectivity index (χ1n) is 15.1. The molecule has 0 spiro atoms. The van der Waals surface area contributed by atoms with Crippen molar-refractivity contribution in [1.29, 1.82) is 0 Å². The van der Waals surface area contributed by atoms with E-state index in [0.29, 0.717) is 18.4 Å². The molecule has 9 heteroatoms. The number of anilines is 1. The summed E-state index contributed by atoms with van der Waals surface area (Å²) in [5.41, 5.74) is 7.66. The van der Waals surface area contributed by atoms with Crippen LogP contribution in [-0.4, -0.2) is 30.1 Å². The van der Waals surface area contributed by atoms with Crippen molar-refractivity contribution in [3.05, 3.63) is 123 Å². The van der Waals surface area contributed by atoms with E-state index in [-0.39, 0.29) is 34.7 Å². The van der Waals surface area contributed by atoms with Crippen LogP contribution >= 0.6 is 11.6 Å². The zero-order valence-corrected chi connectivity index (χ0v) is 26.5. The molecule has 3 N–H and O–H groups in total. The van der Waals surface area contributed by atoms with Gasteiger partial charge in [0.05, 0.1) is 17.5 Å². The normalized spacial score (nSPS) is 13.4. The summed E-state index contributed by atoms with van der Waals surface area (Å²) >= 11 is 5.61. The smallest absolute Gasteiger partial charge is 0.308 e. The molecule has 236 valence electrons. The number of halogens is 1. The second kappa shape index (κ2) is 16.5. The zero-order valence-electron chi connectivity index (χ0n) is 25.7. The Morgan fingerprint density at radius 2 is 1.84 bits per heavy atom. The molecule has 8 nitrogen and oxygen atoms in total. The van der Waals surface area contributed by atoms with Gasteiger partial charge in [-0.3, -0.25) is 9.59 Å².